The first kappa shape index (κ1) is 29.5. The number of hydrogen-bond acceptors (Lipinski definition) is 1. The van der Waals surface area contributed by atoms with Crippen LogP contribution in [0.15, 0.2) is 200 Å². The van der Waals surface area contributed by atoms with Crippen molar-refractivity contribution >= 4 is 33.2 Å². The monoisotopic (exact) mass is 638 g/mol. The van der Waals surface area contributed by atoms with Gasteiger partial charge in [-0.1, -0.05) is 152 Å². The third-order valence-electron chi connectivity index (χ3n) is 9.63. The molecule has 0 spiro atoms. The molecule has 0 unspecified atom stereocenters. The fraction of sp³-hybridized carbons (Fsp3) is 0. The van der Waals surface area contributed by atoms with Gasteiger partial charge in [0.05, 0.1) is 11.0 Å². The van der Waals surface area contributed by atoms with Crippen LogP contribution >= 0.6 is 0 Å². The molecule has 1 N–H and O–H groups in total. The normalized spacial score (nSPS) is 11.2. The Balaban J connectivity index is 0.936. The summed E-state index contributed by atoms with van der Waals surface area (Å²) in [5.41, 5.74) is 15.4. The summed E-state index contributed by atoms with van der Waals surface area (Å²) in [4.78, 5) is 0. The van der Waals surface area contributed by atoms with Crippen molar-refractivity contribution in [1.29, 1.82) is 0 Å². The Kier molecular flexibility index (Phi) is 7.53. The SMILES string of the molecule is c1ccc(-c2ccccc2Nc2ccc(-c3ccc(-c4ccc(-c5ccc6c(c5)c5ccccc5n6-c5ccccc5)cc4)cc3)cc2)cc1. The van der Waals surface area contributed by atoms with E-state index in [0.29, 0.717) is 0 Å². The highest BCUT2D eigenvalue weighted by atomic mass is 15.0. The van der Waals surface area contributed by atoms with E-state index in [1.165, 1.54) is 72.0 Å². The summed E-state index contributed by atoms with van der Waals surface area (Å²) in [6, 6.07) is 71.6. The minimum Gasteiger partial charge on any atom is -0.355 e. The molecule has 0 fully saturated rings. The first-order chi connectivity index (χ1) is 24.8. The molecule has 236 valence electrons. The van der Waals surface area contributed by atoms with Crippen LogP contribution in [0.5, 0.6) is 0 Å². The van der Waals surface area contributed by atoms with Crippen LogP contribution in [0.4, 0.5) is 11.4 Å². The largest absolute Gasteiger partial charge is 0.355 e. The number of benzene rings is 8. The standard InChI is InChI=1S/C48H34N2/c1-3-11-39(12-4-1)43-15-7-9-17-46(43)49-41-30-27-37(28-31-41)36-21-19-34(20-22-36)35-23-25-38(26-24-35)40-29-32-48-45(33-40)44-16-8-10-18-47(44)50(48)42-13-5-2-6-14-42/h1-33,49H. The minimum atomic E-state index is 1.06. The first-order valence-electron chi connectivity index (χ1n) is 17.1. The van der Waals surface area contributed by atoms with Gasteiger partial charge in [-0.05, 0) is 87.5 Å². The van der Waals surface area contributed by atoms with Crippen LogP contribution in [0.3, 0.4) is 0 Å². The second kappa shape index (κ2) is 12.8. The molecule has 0 aliphatic rings. The lowest BCUT2D eigenvalue weighted by Gasteiger charge is -2.13. The number of para-hydroxylation sites is 3. The molecule has 1 heterocycles. The van der Waals surface area contributed by atoms with Crippen LogP contribution in [-0.2, 0) is 0 Å². The van der Waals surface area contributed by atoms with Gasteiger partial charge in [0.15, 0.2) is 0 Å². The van der Waals surface area contributed by atoms with Gasteiger partial charge in [-0.3, -0.25) is 0 Å². The Bertz CT molecular complexity index is 2560. The summed E-state index contributed by atoms with van der Waals surface area (Å²) in [7, 11) is 0. The van der Waals surface area contributed by atoms with Crippen molar-refractivity contribution in [2.24, 2.45) is 0 Å². The maximum Gasteiger partial charge on any atom is 0.0541 e. The van der Waals surface area contributed by atoms with Crippen LogP contribution in [0.1, 0.15) is 0 Å². The fourth-order valence-corrected chi connectivity index (χ4v) is 7.08. The fourth-order valence-electron chi connectivity index (χ4n) is 7.08. The van der Waals surface area contributed by atoms with E-state index < -0.39 is 0 Å². The van der Waals surface area contributed by atoms with Crippen LogP contribution in [-0.4, -0.2) is 4.57 Å². The molecule has 0 atom stereocenters. The van der Waals surface area contributed by atoms with Gasteiger partial charge in [-0.2, -0.15) is 0 Å². The highest BCUT2D eigenvalue weighted by molar-refractivity contribution is 6.10. The highest BCUT2D eigenvalue weighted by Gasteiger charge is 2.13. The zero-order valence-electron chi connectivity index (χ0n) is 27.5. The van der Waals surface area contributed by atoms with Crippen molar-refractivity contribution in [3.8, 4) is 50.2 Å². The van der Waals surface area contributed by atoms with Gasteiger partial charge in [0, 0.05) is 33.4 Å². The third kappa shape index (κ3) is 5.53. The van der Waals surface area contributed by atoms with Crippen LogP contribution < -0.4 is 5.32 Å². The molecule has 0 aliphatic carbocycles. The second-order valence-electron chi connectivity index (χ2n) is 12.7. The molecule has 0 radical (unpaired) electrons. The van der Waals surface area contributed by atoms with E-state index in [4.69, 9.17) is 0 Å². The molecule has 0 bridgehead atoms. The van der Waals surface area contributed by atoms with Crippen molar-refractivity contribution in [1.82, 2.24) is 4.57 Å². The van der Waals surface area contributed by atoms with Gasteiger partial charge >= 0.3 is 0 Å². The summed E-state index contributed by atoms with van der Waals surface area (Å²) in [6.07, 6.45) is 0. The maximum atomic E-state index is 3.62. The smallest absolute Gasteiger partial charge is 0.0541 e. The maximum absolute atomic E-state index is 3.62. The van der Waals surface area contributed by atoms with Crippen LogP contribution in [0, 0.1) is 0 Å². The third-order valence-corrected chi connectivity index (χ3v) is 9.63. The summed E-state index contributed by atoms with van der Waals surface area (Å²) in [5.74, 6) is 0. The Labute approximate surface area is 292 Å². The number of hydrogen-bond donors (Lipinski definition) is 1. The molecule has 0 aliphatic heterocycles. The Morgan fingerprint density at radius 3 is 1.46 bits per heavy atom. The van der Waals surface area contributed by atoms with E-state index in [2.05, 4.69) is 210 Å². The number of nitrogens with zero attached hydrogens (tertiary/aromatic N) is 1. The predicted octanol–water partition coefficient (Wildman–Crippen LogP) is 13.2. The molecule has 9 aromatic rings. The quantitative estimate of drug-likeness (QED) is 0.184. The summed E-state index contributed by atoms with van der Waals surface area (Å²) in [6.45, 7) is 0. The number of aromatic nitrogens is 1. The van der Waals surface area contributed by atoms with Gasteiger partial charge in [-0.15, -0.1) is 0 Å². The zero-order valence-corrected chi connectivity index (χ0v) is 27.5. The lowest BCUT2D eigenvalue weighted by molar-refractivity contribution is 1.18. The van der Waals surface area contributed by atoms with Gasteiger partial charge in [-0.25, -0.2) is 0 Å². The van der Waals surface area contributed by atoms with Crippen molar-refractivity contribution < 1.29 is 0 Å². The van der Waals surface area contributed by atoms with E-state index in [-0.39, 0.29) is 0 Å². The van der Waals surface area contributed by atoms with Crippen molar-refractivity contribution in [2.75, 3.05) is 5.32 Å². The van der Waals surface area contributed by atoms with Gasteiger partial charge < -0.3 is 9.88 Å². The molecule has 50 heavy (non-hydrogen) atoms. The molecule has 2 nitrogen and oxygen atoms in total. The van der Waals surface area contributed by atoms with E-state index in [1.807, 2.05) is 0 Å². The summed E-state index contributed by atoms with van der Waals surface area (Å²) in [5, 5.41) is 6.15. The number of nitrogens with one attached hydrogen (secondary N) is 1. The van der Waals surface area contributed by atoms with Gasteiger partial charge in [0.1, 0.15) is 0 Å². The van der Waals surface area contributed by atoms with Gasteiger partial charge in [0.25, 0.3) is 0 Å². The number of rotatable bonds is 7. The molecule has 1 aromatic heterocycles. The van der Waals surface area contributed by atoms with Gasteiger partial charge in [0.2, 0.25) is 0 Å². The van der Waals surface area contributed by atoms with Crippen LogP contribution in [0.25, 0.3) is 72.0 Å². The van der Waals surface area contributed by atoms with E-state index in [0.717, 1.165) is 11.4 Å². The van der Waals surface area contributed by atoms with Crippen molar-refractivity contribution in [3.05, 3.63) is 200 Å². The Morgan fingerprint density at radius 2 is 0.800 bits per heavy atom. The zero-order chi connectivity index (χ0) is 33.3. The highest BCUT2D eigenvalue weighted by Crippen LogP contribution is 2.36. The lowest BCUT2D eigenvalue weighted by atomic mass is 9.97. The molecule has 0 saturated heterocycles. The minimum absolute atomic E-state index is 1.06. The molecule has 0 saturated carbocycles. The van der Waals surface area contributed by atoms with E-state index in [9.17, 15) is 0 Å². The van der Waals surface area contributed by atoms with Crippen LogP contribution in [0.2, 0.25) is 0 Å². The molecule has 8 aromatic carbocycles. The average Bonchev–Trinajstić information content (AvgIpc) is 3.53. The first-order valence-corrected chi connectivity index (χ1v) is 17.1. The molecule has 2 heteroatoms. The average molecular weight is 639 g/mol. The molecule has 9 rings (SSSR count). The topological polar surface area (TPSA) is 17.0 Å². The Hall–Kier alpha value is -6.64. The Morgan fingerprint density at radius 1 is 0.320 bits per heavy atom. The summed E-state index contributed by atoms with van der Waals surface area (Å²) >= 11 is 0. The predicted molar refractivity (Wildman–Crippen MR) is 212 cm³/mol. The van der Waals surface area contributed by atoms with E-state index in [1.54, 1.807) is 0 Å². The van der Waals surface area contributed by atoms with E-state index >= 15 is 0 Å². The number of fused-ring (bicyclic) bond motifs is 3. The molecule has 0 amide bonds. The van der Waals surface area contributed by atoms with Crippen molar-refractivity contribution in [2.45, 2.75) is 0 Å². The number of anilines is 2. The van der Waals surface area contributed by atoms with Crippen molar-refractivity contribution in [3.63, 3.8) is 0 Å². The molecular weight excluding hydrogens is 605 g/mol. The lowest BCUT2D eigenvalue weighted by Crippen LogP contribution is -1.93. The summed E-state index contributed by atoms with van der Waals surface area (Å²) < 4.78 is 2.36. The second-order valence-corrected chi connectivity index (χ2v) is 12.7. The molecular formula is C48H34N2.